The van der Waals surface area contributed by atoms with Crippen LogP contribution in [-0.2, 0) is 27.1 Å². The first kappa shape index (κ1) is 29.6. The predicted octanol–water partition coefficient (Wildman–Crippen LogP) is 6.18. The number of rotatable bonds is 10. The molecule has 1 N–H and O–H groups in total. The molecule has 0 saturated carbocycles. The molecule has 2 aliphatic rings. The first-order valence-electron chi connectivity index (χ1n) is 13.9. The van der Waals surface area contributed by atoms with Gasteiger partial charge in [-0.2, -0.15) is 4.89 Å². The Kier molecular flexibility index (Phi) is 9.08. The molecule has 0 bridgehead atoms. The number of aromatic hydroxyl groups is 1. The Morgan fingerprint density at radius 3 is 2.41 bits per heavy atom. The van der Waals surface area contributed by atoms with Crippen LogP contribution in [0.25, 0.3) is 0 Å². The number of fused-ring (bicyclic) bond motifs is 1. The summed E-state index contributed by atoms with van der Waals surface area (Å²) in [6.45, 7) is 16.3. The number of carbonyl (C=O) groups excluding carboxylic acids is 1. The van der Waals surface area contributed by atoms with Crippen LogP contribution in [0.15, 0.2) is 30.3 Å². The van der Waals surface area contributed by atoms with Gasteiger partial charge in [0.2, 0.25) is 5.91 Å². The number of nitrogens with zero attached hydrogens (tertiary/aromatic N) is 2. The third-order valence-corrected chi connectivity index (χ3v) is 8.59. The molecule has 2 heterocycles. The van der Waals surface area contributed by atoms with Gasteiger partial charge in [-0.1, -0.05) is 41.5 Å². The number of hydrogen-bond acceptors (Lipinski definition) is 7. The number of hydrogen-bond donors (Lipinski definition) is 1. The Balaban J connectivity index is 1.30. The van der Waals surface area contributed by atoms with Gasteiger partial charge in [0.05, 0.1) is 5.75 Å². The van der Waals surface area contributed by atoms with E-state index in [-0.39, 0.29) is 22.1 Å². The Labute approximate surface area is 237 Å². The van der Waals surface area contributed by atoms with Crippen molar-refractivity contribution in [3.8, 4) is 17.2 Å². The Hall–Kier alpha value is -2.42. The van der Waals surface area contributed by atoms with Gasteiger partial charge in [-0.15, -0.1) is 11.8 Å². The van der Waals surface area contributed by atoms with Crippen molar-refractivity contribution in [1.82, 2.24) is 9.80 Å². The van der Waals surface area contributed by atoms with Crippen molar-refractivity contribution >= 4 is 17.7 Å². The van der Waals surface area contributed by atoms with Gasteiger partial charge >= 0.3 is 0 Å². The maximum Gasteiger partial charge on any atom is 0.233 e. The van der Waals surface area contributed by atoms with Gasteiger partial charge in [0, 0.05) is 24.7 Å². The van der Waals surface area contributed by atoms with E-state index in [9.17, 15) is 9.90 Å². The number of thioether (sulfide) groups is 1. The second-order valence-electron chi connectivity index (χ2n) is 12.7. The molecule has 8 heteroatoms. The molecule has 0 spiro atoms. The maximum atomic E-state index is 12.9. The predicted molar refractivity (Wildman–Crippen MR) is 157 cm³/mol. The Morgan fingerprint density at radius 2 is 1.74 bits per heavy atom. The van der Waals surface area contributed by atoms with E-state index in [0.29, 0.717) is 24.7 Å². The molecule has 4 rings (SSSR count). The monoisotopic (exact) mass is 556 g/mol. The highest BCUT2D eigenvalue weighted by atomic mass is 32.2. The zero-order valence-electron chi connectivity index (χ0n) is 24.5. The minimum Gasteiger partial charge on any atom is -0.507 e. The normalized spacial score (nSPS) is 17.6. The fourth-order valence-electron chi connectivity index (χ4n) is 4.99. The molecule has 214 valence electrons. The number of ether oxygens (including phenoxy) is 1. The fraction of sp³-hybridized carbons (Fsp3) is 0.581. The van der Waals surface area contributed by atoms with Crippen LogP contribution >= 0.6 is 11.8 Å². The molecule has 2 aromatic rings. The lowest BCUT2D eigenvalue weighted by Gasteiger charge is -2.31. The smallest absolute Gasteiger partial charge is 0.233 e. The molecule has 0 aliphatic carbocycles. The SMILES string of the molecule is CN(CCCCN1C(=O)CSC1c1cc(C(C)(C)C)c(O)c(C(C)(C)C)c1)CCOc1ccc2c(c1)OOC2. The lowest BCUT2D eigenvalue weighted by molar-refractivity contribution is -0.194. The number of phenolic OH excluding ortho intramolecular Hbond substituents is 1. The fourth-order valence-corrected chi connectivity index (χ4v) is 6.19. The van der Waals surface area contributed by atoms with Gasteiger partial charge in [0.1, 0.15) is 30.1 Å². The number of carbonyl (C=O) groups is 1. The summed E-state index contributed by atoms with van der Waals surface area (Å²) in [5.74, 6) is 2.58. The largest absolute Gasteiger partial charge is 0.507 e. The third-order valence-electron chi connectivity index (χ3n) is 7.33. The highest BCUT2D eigenvalue weighted by Gasteiger charge is 2.35. The van der Waals surface area contributed by atoms with E-state index in [1.807, 2.05) is 23.1 Å². The summed E-state index contributed by atoms with van der Waals surface area (Å²) in [4.78, 5) is 27.3. The van der Waals surface area contributed by atoms with Crippen LogP contribution in [0.3, 0.4) is 0 Å². The van der Waals surface area contributed by atoms with E-state index >= 15 is 0 Å². The van der Waals surface area contributed by atoms with Crippen LogP contribution in [0.1, 0.15) is 82.0 Å². The van der Waals surface area contributed by atoms with Crippen molar-refractivity contribution in [3.05, 3.63) is 52.6 Å². The molecule has 1 saturated heterocycles. The molecule has 1 atom stereocenters. The maximum absolute atomic E-state index is 12.9. The highest BCUT2D eigenvalue weighted by Crippen LogP contribution is 2.45. The summed E-state index contributed by atoms with van der Waals surface area (Å²) in [6, 6.07) is 10.0. The van der Waals surface area contributed by atoms with Gasteiger partial charge in [0.15, 0.2) is 5.75 Å². The number of benzene rings is 2. The van der Waals surface area contributed by atoms with Crippen molar-refractivity contribution in [2.45, 2.75) is 77.2 Å². The lowest BCUT2D eigenvalue weighted by atomic mass is 9.78. The highest BCUT2D eigenvalue weighted by molar-refractivity contribution is 8.00. The van der Waals surface area contributed by atoms with Crippen molar-refractivity contribution in [1.29, 1.82) is 0 Å². The first-order valence-corrected chi connectivity index (χ1v) is 14.9. The van der Waals surface area contributed by atoms with Crippen LogP contribution in [0.4, 0.5) is 0 Å². The molecule has 2 aromatic carbocycles. The molecule has 1 unspecified atom stereocenters. The molecule has 2 aliphatic heterocycles. The Bertz CT molecular complexity index is 1140. The number of phenols is 1. The van der Waals surface area contributed by atoms with Crippen LogP contribution < -0.4 is 9.62 Å². The van der Waals surface area contributed by atoms with E-state index in [1.165, 1.54) is 0 Å². The van der Waals surface area contributed by atoms with E-state index in [4.69, 9.17) is 14.5 Å². The van der Waals surface area contributed by atoms with Gasteiger partial charge in [-0.3, -0.25) is 4.79 Å². The van der Waals surface area contributed by atoms with Gasteiger partial charge in [-0.05, 0) is 78.2 Å². The van der Waals surface area contributed by atoms with Crippen molar-refractivity contribution in [2.24, 2.45) is 0 Å². The standard InChI is InChI=1S/C31H44N2O5S/c1-30(2,3)24-16-22(17-25(28(24)35)31(4,5)6)29-33(27(34)20-39-29)13-9-8-12-32(7)14-15-36-23-11-10-21-19-37-38-26(21)18-23/h10-11,16-18,29,35H,8-9,12-15,19-20H2,1-7H3. The van der Waals surface area contributed by atoms with Gasteiger partial charge in [0.25, 0.3) is 0 Å². The lowest BCUT2D eigenvalue weighted by Crippen LogP contribution is -2.31. The summed E-state index contributed by atoms with van der Waals surface area (Å²) < 4.78 is 5.89. The van der Waals surface area contributed by atoms with E-state index in [0.717, 1.165) is 66.2 Å². The van der Waals surface area contributed by atoms with Crippen LogP contribution in [-0.4, -0.2) is 59.9 Å². The molecular weight excluding hydrogens is 512 g/mol. The quantitative estimate of drug-likeness (QED) is 0.277. The third kappa shape index (κ3) is 7.21. The van der Waals surface area contributed by atoms with E-state index in [2.05, 4.69) is 65.6 Å². The van der Waals surface area contributed by atoms with Gasteiger partial charge < -0.3 is 24.5 Å². The second-order valence-corrected chi connectivity index (χ2v) is 13.8. The summed E-state index contributed by atoms with van der Waals surface area (Å²) >= 11 is 1.69. The van der Waals surface area contributed by atoms with Crippen LogP contribution in [0, 0.1) is 0 Å². The first-order chi connectivity index (χ1) is 18.3. The zero-order valence-corrected chi connectivity index (χ0v) is 25.3. The summed E-state index contributed by atoms with van der Waals surface area (Å²) in [7, 11) is 2.10. The molecule has 7 nitrogen and oxygen atoms in total. The van der Waals surface area contributed by atoms with Crippen molar-refractivity contribution < 1.29 is 24.4 Å². The average molecular weight is 557 g/mol. The van der Waals surface area contributed by atoms with Crippen molar-refractivity contribution in [3.63, 3.8) is 0 Å². The zero-order chi connectivity index (χ0) is 28.4. The number of amides is 1. The minimum atomic E-state index is -0.199. The second kappa shape index (κ2) is 12.0. The molecule has 1 amide bonds. The number of likely N-dealkylation sites (N-methyl/N-ethyl adjacent to an activating group) is 1. The van der Waals surface area contributed by atoms with Crippen molar-refractivity contribution in [2.75, 3.05) is 39.0 Å². The number of unbranched alkanes of at least 4 members (excludes halogenated alkanes) is 1. The molecule has 0 radical (unpaired) electrons. The molecule has 1 fully saturated rings. The summed E-state index contributed by atoms with van der Waals surface area (Å²) in [5, 5.41) is 11.1. The van der Waals surface area contributed by atoms with Crippen LogP contribution in [0.5, 0.6) is 17.2 Å². The summed E-state index contributed by atoms with van der Waals surface area (Å²) in [5.41, 5.74) is 3.62. The van der Waals surface area contributed by atoms with Crippen LogP contribution in [0.2, 0.25) is 0 Å². The summed E-state index contributed by atoms with van der Waals surface area (Å²) in [6.07, 6.45) is 1.93. The van der Waals surface area contributed by atoms with Gasteiger partial charge in [-0.25, -0.2) is 0 Å². The van der Waals surface area contributed by atoms with E-state index in [1.54, 1.807) is 11.8 Å². The molecule has 39 heavy (non-hydrogen) atoms. The topological polar surface area (TPSA) is 71.5 Å². The average Bonchev–Trinajstić information content (AvgIpc) is 3.46. The van der Waals surface area contributed by atoms with E-state index < -0.39 is 0 Å². The molecule has 0 aromatic heterocycles. The molecular formula is C31H44N2O5S. The Morgan fingerprint density at radius 1 is 1.05 bits per heavy atom. The minimum absolute atomic E-state index is 0.0202.